The number of piperidine rings is 3. The van der Waals surface area contributed by atoms with Crippen LogP contribution in [0.5, 0.6) is 10.8 Å². The van der Waals surface area contributed by atoms with Gasteiger partial charge in [-0.25, -0.2) is 0 Å². The summed E-state index contributed by atoms with van der Waals surface area (Å²) in [6.07, 6.45) is 2.39. The van der Waals surface area contributed by atoms with Gasteiger partial charge in [-0.15, -0.1) is 11.3 Å². The van der Waals surface area contributed by atoms with Crippen LogP contribution in [0.15, 0.2) is 36.4 Å². The zero-order chi connectivity index (χ0) is 17.4. The molecule has 0 saturated carbocycles. The Morgan fingerprint density at radius 3 is 2.64 bits per heavy atom. The molecule has 4 atom stereocenters. The molecular weight excluding hydrogens is 332 g/mol. The number of carbonyl (C=O) groups is 1. The number of hydrogen-bond acceptors (Lipinski definition) is 4. The van der Waals surface area contributed by atoms with Gasteiger partial charge in [0, 0.05) is 29.1 Å². The van der Waals surface area contributed by atoms with Crippen LogP contribution in [0, 0.1) is 12.8 Å². The molecule has 5 heteroatoms. The number of hydrogen-bond donors (Lipinski definition) is 1. The summed E-state index contributed by atoms with van der Waals surface area (Å²) in [6.45, 7) is 6.50. The lowest BCUT2D eigenvalue weighted by Gasteiger charge is -2.48. The van der Waals surface area contributed by atoms with Gasteiger partial charge >= 0.3 is 0 Å². The van der Waals surface area contributed by atoms with Gasteiger partial charge in [0.15, 0.2) is 5.06 Å². The van der Waals surface area contributed by atoms with Crippen molar-refractivity contribution in [2.24, 2.45) is 5.92 Å². The first-order valence-corrected chi connectivity index (χ1v) is 9.79. The summed E-state index contributed by atoms with van der Waals surface area (Å²) in [5.74, 6) is 1.40. The summed E-state index contributed by atoms with van der Waals surface area (Å²) < 4.78 is 5.82. The normalized spacial score (nSPS) is 27.9. The van der Waals surface area contributed by atoms with Crippen molar-refractivity contribution < 1.29 is 9.53 Å². The molecule has 1 N–H and O–H groups in total. The van der Waals surface area contributed by atoms with Gasteiger partial charge in [-0.1, -0.05) is 0 Å². The van der Waals surface area contributed by atoms with Crippen molar-refractivity contribution in [3.63, 3.8) is 0 Å². The third-order valence-electron chi connectivity index (χ3n) is 5.42. The summed E-state index contributed by atoms with van der Waals surface area (Å²) in [6, 6.07) is 12.4. The molecule has 25 heavy (non-hydrogen) atoms. The van der Waals surface area contributed by atoms with Crippen molar-refractivity contribution in [2.45, 2.75) is 38.8 Å². The number of benzene rings is 1. The van der Waals surface area contributed by atoms with Crippen LogP contribution < -0.4 is 10.1 Å². The number of nitrogens with zero attached hydrogens (tertiary/aromatic N) is 1. The number of rotatable bonds is 4. The van der Waals surface area contributed by atoms with E-state index in [1.165, 1.54) is 24.3 Å². The van der Waals surface area contributed by atoms with E-state index in [0.29, 0.717) is 17.5 Å². The predicted molar refractivity (Wildman–Crippen MR) is 101 cm³/mol. The number of aryl methyl sites for hydroxylation is 1. The minimum Gasteiger partial charge on any atom is -0.447 e. The monoisotopic (exact) mass is 356 g/mol. The predicted octanol–water partition coefficient (Wildman–Crippen LogP) is 4.06. The van der Waals surface area contributed by atoms with E-state index < -0.39 is 0 Å². The Hall–Kier alpha value is -1.85. The Labute approximate surface area is 152 Å². The molecule has 5 rings (SSSR count). The lowest BCUT2D eigenvalue weighted by molar-refractivity contribution is 0.0274. The van der Waals surface area contributed by atoms with Crippen molar-refractivity contribution in [1.29, 1.82) is 0 Å². The van der Waals surface area contributed by atoms with E-state index in [1.807, 2.05) is 36.4 Å². The molecular formula is C20H24N2O2S. The molecule has 3 fully saturated rings. The minimum atomic E-state index is 0.0184. The maximum Gasteiger partial charge on any atom is 0.251 e. The Morgan fingerprint density at radius 1 is 1.24 bits per heavy atom. The van der Waals surface area contributed by atoms with E-state index in [2.05, 4.69) is 24.1 Å². The average Bonchev–Trinajstić information content (AvgIpc) is 3.01. The van der Waals surface area contributed by atoms with Crippen LogP contribution >= 0.6 is 11.3 Å². The van der Waals surface area contributed by atoms with Gasteiger partial charge < -0.3 is 10.1 Å². The van der Waals surface area contributed by atoms with Crippen LogP contribution in [0.2, 0.25) is 0 Å². The van der Waals surface area contributed by atoms with Gasteiger partial charge in [-0.2, -0.15) is 0 Å². The highest BCUT2D eigenvalue weighted by Crippen LogP contribution is 2.32. The summed E-state index contributed by atoms with van der Waals surface area (Å²) >= 11 is 1.62. The van der Waals surface area contributed by atoms with Crippen LogP contribution in [0.4, 0.5) is 0 Å². The number of ether oxygens (including phenoxy) is 1. The molecule has 3 aliphatic rings. The number of carbonyl (C=O) groups excluding carboxylic acids is 1. The highest BCUT2D eigenvalue weighted by atomic mass is 32.1. The lowest BCUT2D eigenvalue weighted by atomic mass is 9.80. The molecule has 0 spiro atoms. The van der Waals surface area contributed by atoms with E-state index in [1.54, 1.807) is 11.3 Å². The second-order valence-electron chi connectivity index (χ2n) is 7.20. The van der Waals surface area contributed by atoms with Crippen LogP contribution in [0.3, 0.4) is 0 Å². The fourth-order valence-corrected chi connectivity index (χ4v) is 4.70. The largest absolute Gasteiger partial charge is 0.447 e. The summed E-state index contributed by atoms with van der Waals surface area (Å²) in [7, 11) is 0. The Bertz CT molecular complexity index is 755. The smallest absolute Gasteiger partial charge is 0.251 e. The molecule has 132 valence electrons. The molecule has 0 aliphatic carbocycles. The SMILES string of the molecule is Cc1ccc(Oc2ccc(C(=O)NC3CN4CCC3CC4C)cc2)s1. The summed E-state index contributed by atoms with van der Waals surface area (Å²) in [4.78, 5) is 16.3. The van der Waals surface area contributed by atoms with Crippen molar-refractivity contribution in [3.05, 3.63) is 46.8 Å². The highest BCUT2D eigenvalue weighted by Gasteiger charge is 2.38. The van der Waals surface area contributed by atoms with Crippen LogP contribution in [0.1, 0.15) is 35.0 Å². The lowest BCUT2D eigenvalue weighted by Crippen LogP contribution is -2.60. The maximum absolute atomic E-state index is 12.6. The van der Waals surface area contributed by atoms with Gasteiger partial charge in [0.2, 0.25) is 0 Å². The third-order valence-corrected chi connectivity index (χ3v) is 6.30. The first kappa shape index (κ1) is 16.6. The molecule has 4 nitrogen and oxygen atoms in total. The Morgan fingerprint density at radius 2 is 2.04 bits per heavy atom. The molecule has 3 saturated heterocycles. The van der Waals surface area contributed by atoms with Gasteiger partial charge in [0.1, 0.15) is 5.75 Å². The molecule has 1 aromatic carbocycles. The standard InChI is InChI=1S/C20H24N2O2S/c1-13-11-16-9-10-22(13)12-18(16)21-20(23)15-4-6-17(7-5-15)24-19-8-3-14(2)25-19/h3-8,13,16,18H,9-12H2,1-2H3,(H,21,23). The number of amides is 1. The zero-order valence-electron chi connectivity index (χ0n) is 14.7. The second kappa shape index (κ2) is 6.81. The molecule has 3 aliphatic heterocycles. The zero-order valence-corrected chi connectivity index (χ0v) is 15.5. The first-order chi connectivity index (χ1) is 12.1. The van der Waals surface area contributed by atoms with E-state index >= 15 is 0 Å². The number of thiophene rings is 1. The third kappa shape index (κ3) is 3.58. The molecule has 4 unspecified atom stereocenters. The van der Waals surface area contributed by atoms with Gasteiger partial charge in [-0.05, 0) is 75.5 Å². The molecule has 1 aromatic heterocycles. The quantitative estimate of drug-likeness (QED) is 0.898. The first-order valence-electron chi connectivity index (χ1n) is 8.98. The van der Waals surface area contributed by atoms with E-state index in [0.717, 1.165) is 17.4 Å². The van der Waals surface area contributed by atoms with Crippen LogP contribution in [-0.2, 0) is 0 Å². The van der Waals surface area contributed by atoms with E-state index in [9.17, 15) is 4.79 Å². The fraction of sp³-hybridized carbons (Fsp3) is 0.450. The summed E-state index contributed by atoms with van der Waals surface area (Å²) in [5, 5.41) is 4.11. The summed E-state index contributed by atoms with van der Waals surface area (Å²) in [5.41, 5.74) is 0.694. The van der Waals surface area contributed by atoms with Gasteiger partial charge in [0.25, 0.3) is 5.91 Å². The second-order valence-corrected chi connectivity index (χ2v) is 8.45. The van der Waals surface area contributed by atoms with Crippen molar-refractivity contribution >= 4 is 17.2 Å². The van der Waals surface area contributed by atoms with E-state index in [-0.39, 0.29) is 11.9 Å². The van der Waals surface area contributed by atoms with Gasteiger partial charge in [-0.3, -0.25) is 9.69 Å². The number of fused-ring (bicyclic) bond motifs is 3. The van der Waals surface area contributed by atoms with Crippen LogP contribution in [-0.4, -0.2) is 36.0 Å². The van der Waals surface area contributed by atoms with Crippen molar-refractivity contribution in [2.75, 3.05) is 13.1 Å². The molecule has 0 radical (unpaired) electrons. The molecule has 1 amide bonds. The topological polar surface area (TPSA) is 41.6 Å². The van der Waals surface area contributed by atoms with Crippen molar-refractivity contribution in [1.82, 2.24) is 10.2 Å². The number of nitrogens with one attached hydrogen (secondary N) is 1. The minimum absolute atomic E-state index is 0.0184. The van der Waals surface area contributed by atoms with E-state index in [4.69, 9.17) is 4.74 Å². The molecule has 2 aromatic rings. The Kier molecular flexibility index (Phi) is 4.52. The fourth-order valence-electron chi connectivity index (χ4n) is 3.97. The van der Waals surface area contributed by atoms with Crippen molar-refractivity contribution in [3.8, 4) is 10.8 Å². The molecule has 2 bridgehead atoms. The average molecular weight is 356 g/mol. The highest BCUT2D eigenvalue weighted by molar-refractivity contribution is 7.13. The van der Waals surface area contributed by atoms with Gasteiger partial charge in [0.05, 0.1) is 0 Å². The molecule has 4 heterocycles. The maximum atomic E-state index is 12.6. The Balaban J connectivity index is 1.37. The van der Waals surface area contributed by atoms with Crippen LogP contribution in [0.25, 0.3) is 0 Å².